The van der Waals surface area contributed by atoms with Gasteiger partial charge in [0.2, 0.25) is 5.91 Å². The first-order valence-corrected chi connectivity index (χ1v) is 6.06. The molecule has 1 N–H and O–H groups in total. The molecular formula is C11H16N2O2S. The van der Waals surface area contributed by atoms with Crippen molar-refractivity contribution >= 4 is 23.2 Å². The smallest absolute Gasteiger partial charge is 0.252 e. The van der Waals surface area contributed by atoms with Crippen LogP contribution in [0.15, 0.2) is 16.8 Å². The second kappa shape index (κ2) is 6.27. The number of carbonyl (C=O) groups is 2. The van der Waals surface area contributed by atoms with E-state index >= 15 is 0 Å². The van der Waals surface area contributed by atoms with Crippen molar-refractivity contribution in [1.29, 1.82) is 0 Å². The molecule has 1 aromatic heterocycles. The second-order valence-electron chi connectivity index (χ2n) is 3.66. The van der Waals surface area contributed by atoms with Crippen molar-refractivity contribution in [1.82, 2.24) is 10.2 Å². The summed E-state index contributed by atoms with van der Waals surface area (Å²) in [6, 6.07) is 1.78. The van der Waals surface area contributed by atoms with Crippen LogP contribution in [0, 0.1) is 0 Å². The Hall–Kier alpha value is -1.36. The molecule has 0 fully saturated rings. The van der Waals surface area contributed by atoms with Crippen LogP contribution in [0.25, 0.3) is 0 Å². The Morgan fingerprint density at radius 3 is 2.75 bits per heavy atom. The van der Waals surface area contributed by atoms with Crippen LogP contribution < -0.4 is 5.32 Å². The molecule has 4 nitrogen and oxygen atoms in total. The van der Waals surface area contributed by atoms with Gasteiger partial charge in [0.1, 0.15) is 0 Å². The highest BCUT2D eigenvalue weighted by atomic mass is 32.1. The van der Waals surface area contributed by atoms with E-state index in [-0.39, 0.29) is 11.8 Å². The Bertz CT molecular complexity index is 347. The monoisotopic (exact) mass is 240 g/mol. The largest absolute Gasteiger partial charge is 0.352 e. The predicted molar refractivity (Wildman–Crippen MR) is 64.6 cm³/mol. The van der Waals surface area contributed by atoms with E-state index in [1.165, 1.54) is 11.3 Å². The van der Waals surface area contributed by atoms with Crippen molar-refractivity contribution in [2.24, 2.45) is 0 Å². The van der Waals surface area contributed by atoms with E-state index < -0.39 is 0 Å². The average molecular weight is 240 g/mol. The van der Waals surface area contributed by atoms with E-state index in [0.717, 1.165) is 0 Å². The van der Waals surface area contributed by atoms with E-state index in [1.807, 2.05) is 5.38 Å². The van der Waals surface area contributed by atoms with Gasteiger partial charge in [0.05, 0.1) is 0 Å². The molecular weight excluding hydrogens is 224 g/mol. The minimum Gasteiger partial charge on any atom is -0.352 e. The average Bonchev–Trinajstić information content (AvgIpc) is 2.76. The lowest BCUT2D eigenvalue weighted by molar-refractivity contribution is -0.128. The molecule has 0 bridgehead atoms. The molecule has 1 rings (SSSR count). The van der Waals surface area contributed by atoms with Gasteiger partial charge >= 0.3 is 0 Å². The maximum Gasteiger partial charge on any atom is 0.252 e. The summed E-state index contributed by atoms with van der Waals surface area (Å²) in [5.41, 5.74) is 0.684. The van der Waals surface area contributed by atoms with Gasteiger partial charge in [-0.1, -0.05) is 0 Å². The quantitative estimate of drug-likeness (QED) is 0.790. The molecule has 0 saturated heterocycles. The fraction of sp³-hybridized carbons (Fsp3) is 0.455. The molecule has 1 heterocycles. The van der Waals surface area contributed by atoms with Crippen LogP contribution in [0.1, 0.15) is 23.2 Å². The molecule has 0 saturated carbocycles. The Morgan fingerprint density at radius 2 is 2.19 bits per heavy atom. The van der Waals surface area contributed by atoms with E-state index in [4.69, 9.17) is 0 Å². The summed E-state index contributed by atoms with van der Waals surface area (Å²) < 4.78 is 0. The van der Waals surface area contributed by atoms with Crippen LogP contribution in [-0.4, -0.2) is 37.4 Å². The molecule has 0 atom stereocenters. The summed E-state index contributed by atoms with van der Waals surface area (Å²) in [4.78, 5) is 24.3. The molecule has 88 valence electrons. The molecule has 1 aromatic rings. The van der Waals surface area contributed by atoms with E-state index in [2.05, 4.69) is 5.32 Å². The van der Waals surface area contributed by atoms with Crippen LogP contribution in [0.5, 0.6) is 0 Å². The minimum absolute atomic E-state index is 0.0708. The fourth-order valence-electron chi connectivity index (χ4n) is 1.16. The normalized spacial score (nSPS) is 9.88. The van der Waals surface area contributed by atoms with Crippen LogP contribution in [-0.2, 0) is 4.79 Å². The zero-order valence-electron chi connectivity index (χ0n) is 9.53. The number of hydrogen-bond acceptors (Lipinski definition) is 3. The Morgan fingerprint density at radius 1 is 1.44 bits per heavy atom. The number of hydrogen-bond donors (Lipinski definition) is 1. The highest BCUT2D eigenvalue weighted by molar-refractivity contribution is 7.08. The summed E-state index contributed by atoms with van der Waals surface area (Å²) in [7, 11) is 3.46. The molecule has 0 spiro atoms. The van der Waals surface area contributed by atoms with Crippen LogP contribution in [0.4, 0.5) is 0 Å². The molecule has 16 heavy (non-hydrogen) atoms. The van der Waals surface area contributed by atoms with Crippen molar-refractivity contribution in [3.63, 3.8) is 0 Å². The predicted octanol–water partition coefficient (Wildman–Crippen LogP) is 1.35. The van der Waals surface area contributed by atoms with E-state index in [0.29, 0.717) is 24.9 Å². The maximum atomic E-state index is 11.5. The number of nitrogens with one attached hydrogen (secondary N) is 1. The summed E-state index contributed by atoms with van der Waals surface area (Å²) in [6.07, 6.45) is 1.14. The van der Waals surface area contributed by atoms with Crippen LogP contribution in [0.3, 0.4) is 0 Å². The Balaban J connectivity index is 2.17. The third-order valence-electron chi connectivity index (χ3n) is 2.14. The first kappa shape index (κ1) is 12.7. The van der Waals surface area contributed by atoms with Gasteiger partial charge in [0.25, 0.3) is 5.91 Å². The number of nitrogens with zero attached hydrogens (tertiary/aromatic N) is 1. The Labute approximate surface area is 99.3 Å². The molecule has 2 amide bonds. The lowest BCUT2D eigenvalue weighted by atomic mass is 10.2. The zero-order chi connectivity index (χ0) is 12.0. The van der Waals surface area contributed by atoms with Gasteiger partial charge in [-0.05, 0) is 17.9 Å². The first-order valence-electron chi connectivity index (χ1n) is 5.12. The molecule has 0 aliphatic rings. The number of carbonyl (C=O) groups excluding carboxylic acids is 2. The SMILES string of the molecule is CN(C)C(=O)CCCNC(=O)c1ccsc1. The topological polar surface area (TPSA) is 49.4 Å². The molecule has 0 aliphatic heterocycles. The van der Waals surface area contributed by atoms with Crippen molar-refractivity contribution in [3.8, 4) is 0 Å². The highest BCUT2D eigenvalue weighted by Crippen LogP contribution is 2.05. The van der Waals surface area contributed by atoms with Gasteiger partial charge in [-0.3, -0.25) is 9.59 Å². The van der Waals surface area contributed by atoms with Crippen molar-refractivity contribution in [2.75, 3.05) is 20.6 Å². The molecule has 0 aromatic carbocycles. The number of rotatable bonds is 5. The molecule has 5 heteroatoms. The van der Waals surface area contributed by atoms with Crippen molar-refractivity contribution in [3.05, 3.63) is 22.4 Å². The second-order valence-corrected chi connectivity index (χ2v) is 4.44. The highest BCUT2D eigenvalue weighted by Gasteiger charge is 2.06. The van der Waals surface area contributed by atoms with E-state index in [1.54, 1.807) is 30.4 Å². The minimum atomic E-state index is -0.0708. The number of thiophene rings is 1. The van der Waals surface area contributed by atoms with Crippen LogP contribution in [0.2, 0.25) is 0 Å². The molecule has 0 radical (unpaired) electrons. The fourth-order valence-corrected chi connectivity index (χ4v) is 1.80. The van der Waals surface area contributed by atoms with Gasteiger partial charge in [-0.25, -0.2) is 0 Å². The van der Waals surface area contributed by atoms with Crippen molar-refractivity contribution in [2.45, 2.75) is 12.8 Å². The van der Waals surface area contributed by atoms with Crippen molar-refractivity contribution < 1.29 is 9.59 Å². The van der Waals surface area contributed by atoms with Gasteiger partial charge in [-0.15, -0.1) is 0 Å². The Kier molecular flexibility index (Phi) is 4.98. The summed E-state index contributed by atoms with van der Waals surface area (Å²) >= 11 is 1.49. The third-order valence-corrected chi connectivity index (χ3v) is 2.82. The zero-order valence-corrected chi connectivity index (χ0v) is 10.3. The van der Waals surface area contributed by atoms with Gasteiger partial charge in [-0.2, -0.15) is 11.3 Å². The first-order chi connectivity index (χ1) is 7.61. The summed E-state index contributed by atoms with van der Waals surface area (Å²) in [6.45, 7) is 0.536. The standard InChI is InChI=1S/C11H16N2O2S/c1-13(2)10(14)4-3-6-12-11(15)9-5-7-16-8-9/h5,7-8H,3-4,6H2,1-2H3,(H,12,15). The lowest BCUT2D eigenvalue weighted by Gasteiger charge is -2.09. The number of amides is 2. The third kappa shape index (κ3) is 4.02. The maximum absolute atomic E-state index is 11.5. The molecule has 0 aliphatic carbocycles. The van der Waals surface area contributed by atoms with Crippen LogP contribution >= 0.6 is 11.3 Å². The molecule has 0 unspecified atom stereocenters. The van der Waals surface area contributed by atoms with Gasteiger partial charge in [0, 0.05) is 38.0 Å². The summed E-state index contributed by atoms with van der Waals surface area (Å²) in [5.74, 6) is 0.0170. The van der Waals surface area contributed by atoms with Gasteiger partial charge < -0.3 is 10.2 Å². The van der Waals surface area contributed by atoms with E-state index in [9.17, 15) is 9.59 Å². The summed E-state index contributed by atoms with van der Waals surface area (Å²) in [5, 5.41) is 6.45. The lowest BCUT2D eigenvalue weighted by Crippen LogP contribution is -2.26. The van der Waals surface area contributed by atoms with Gasteiger partial charge in [0.15, 0.2) is 0 Å².